The number of rotatable bonds is 7. The van der Waals surface area contributed by atoms with Gasteiger partial charge in [-0.25, -0.2) is 4.98 Å². The van der Waals surface area contributed by atoms with Gasteiger partial charge < -0.3 is 16.2 Å². The number of nitrogens with two attached hydrogens (primary N) is 1. The Morgan fingerprint density at radius 1 is 1.25 bits per heavy atom. The van der Waals surface area contributed by atoms with Crippen molar-refractivity contribution in [1.29, 1.82) is 0 Å². The molecule has 0 atom stereocenters. The first-order valence-electron chi connectivity index (χ1n) is 5.68. The minimum atomic E-state index is 0.287. The lowest BCUT2D eigenvalue weighted by Gasteiger charge is -2.06. The quantitative estimate of drug-likeness (QED) is 0.608. The molecule has 0 fully saturated rings. The third-order valence-electron chi connectivity index (χ3n) is 2.26. The van der Waals surface area contributed by atoms with E-state index in [-0.39, 0.29) is 6.61 Å². The maximum absolute atomic E-state index is 8.62. The van der Waals surface area contributed by atoms with Crippen molar-refractivity contribution in [3.63, 3.8) is 0 Å². The lowest BCUT2D eigenvalue weighted by molar-refractivity contribution is 0.283. The van der Waals surface area contributed by atoms with E-state index in [2.05, 4.69) is 15.3 Å². The van der Waals surface area contributed by atoms with Gasteiger partial charge in [-0.2, -0.15) is 4.98 Å². The number of aromatic nitrogens is 2. The molecule has 0 saturated heterocycles. The molecule has 16 heavy (non-hydrogen) atoms. The van der Waals surface area contributed by atoms with Crippen LogP contribution in [-0.4, -0.2) is 28.2 Å². The van der Waals surface area contributed by atoms with Crippen molar-refractivity contribution in [2.75, 3.05) is 24.2 Å². The zero-order valence-electron chi connectivity index (χ0n) is 9.74. The van der Waals surface area contributed by atoms with Crippen LogP contribution in [-0.2, 0) is 0 Å². The van der Waals surface area contributed by atoms with E-state index in [4.69, 9.17) is 10.8 Å². The summed E-state index contributed by atoms with van der Waals surface area (Å²) >= 11 is 0. The molecule has 1 aromatic rings. The maximum Gasteiger partial charge on any atom is 0.222 e. The highest BCUT2D eigenvalue weighted by molar-refractivity contribution is 5.39. The summed E-state index contributed by atoms with van der Waals surface area (Å²) in [5.74, 6) is 1.09. The molecule has 0 aromatic carbocycles. The van der Waals surface area contributed by atoms with E-state index < -0.39 is 0 Å². The predicted octanol–water partition coefficient (Wildman–Crippen LogP) is 1.33. The number of hydrogen-bond donors (Lipinski definition) is 3. The molecule has 90 valence electrons. The van der Waals surface area contributed by atoms with Crippen molar-refractivity contribution in [3.8, 4) is 0 Å². The van der Waals surface area contributed by atoms with Crippen molar-refractivity contribution in [2.24, 2.45) is 0 Å². The Balaban J connectivity index is 2.21. The Hall–Kier alpha value is -1.36. The molecular weight excluding hydrogens is 204 g/mol. The molecule has 0 radical (unpaired) electrons. The number of nitrogens with one attached hydrogen (secondary N) is 1. The van der Waals surface area contributed by atoms with Gasteiger partial charge in [-0.15, -0.1) is 0 Å². The summed E-state index contributed by atoms with van der Waals surface area (Å²) < 4.78 is 0. The molecule has 4 N–H and O–H groups in total. The lowest BCUT2D eigenvalue weighted by Crippen LogP contribution is -2.06. The summed E-state index contributed by atoms with van der Waals surface area (Å²) in [4.78, 5) is 8.09. The molecule has 1 aromatic heterocycles. The molecule has 5 nitrogen and oxygen atoms in total. The van der Waals surface area contributed by atoms with Gasteiger partial charge in [0.25, 0.3) is 0 Å². The number of aliphatic hydroxyl groups is 1. The van der Waals surface area contributed by atoms with Gasteiger partial charge in [-0.05, 0) is 19.8 Å². The molecule has 0 bridgehead atoms. The van der Waals surface area contributed by atoms with Gasteiger partial charge >= 0.3 is 0 Å². The first-order valence-corrected chi connectivity index (χ1v) is 5.68. The van der Waals surface area contributed by atoms with Crippen molar-refractivity contribution in [2.45, 2.75) is 32.6 Å². The third kappa shape index (κ3) is 4.93. The van der Waals surface area contributed by atoms with Crippen LogP contribution in [0.25, 0.3) is 0 Å². The molecule has 0 aliphatic rings. The highest BCUT2D eigenvalue weighted by Gasteiger charge is 1.98. The molecule has 0 saturated carbocycles. The number of unbranched alkanes of at least 4 members (excludes halogenated alkanes) is 3. The molecule has 0 amide bonds. The van der Waals surface area contributed by atoms with Gasteiger partial charge in [0.15, 0.2) is 0 Å². The Bertz CT molecular complexity index is 297. The fraction of sp³-hybridized carbons (Fsp3) is 0.636. The maximum atomic E-state index is 8.62. The van der Waals surface area contributed by atoms with Crippen LogP contribution in [0.2, 0.25) is 0 Å². The van der Waals surface area contributed by atoms with Gasteiger partial charge in [0.2, 0.25) is 5.95 Å². The van der Waals surface area contributed by atoms with Crippen LogP contribution in [0.5, 0.6) is 0 Å². The predicted molar refractivity (Wildman–Crippen MR) is 65.2 cm³/mol. The highest BCUT2D eigenvalue weighted by Crippen LogP contribution is 2.07. The van der Waals surface area contributed by atoms with Gasteiger partial charge in [0.1, 0.15) is 5.82 Å². The molecule has 1 heterocycles. The summed E-state index contributed by atoms with van der Waals surface area (Å²) in [5.41, 5.74) is 6.41. The number of anilines is 2. The van der Waals surface area contributed by atoms with Crippen LogP contribution >= 0.6 is 0 Å². The Labute approximate surface area is 96.1 Å². The van der Waals surface area contributed by atoms with Crippen molar-refractivity contribution in [3.05, 3.63) is 11.8 Å². The second-order valence-electron chi connectivity index (χ2n) is 3.82. The Kier molecular flexibility index (Phi) is 5.56. The first kappa shape index (κ1) is 12.7. The van der Waals surface area contributed by atoms with Gasteiger partial charge in [-0.3, -0.25) is 0 Å². The van der Waals surface area contributed by atoms with E-state index in [1.807, 2.05) is 13.0 Å². The topological polar surface area (TPSA) is 84.1 Å². The van der Waals surface area contributed by atoms with Crippen LogP contribution < -0.4 is 11.1 Å². The summed E-state index contributed by atoms with van der Waals surface area (Å²) in [6.45, 7) is 3.06. The van der Waals surface area contributed by atoms with Crippen molar-refractivity contribution < 1.29 is 5.11 Å². The molecule has 5 heteroatoms. The molecule has 0 aliphatic carbocycles. The SMILES string of the molecule is Cc1cc(NCCCCCCO)nc(N)n1. The van der Waals surface area contributed by atoms with Gasteiger partial charge in [0, 0.05) is 24.9 Å². The number of aliphatic hydroxyl groups excluding tert-OH is 1. The van der Waals surface area contributed by atoms with E-state index in [1.165, 1.54) is 0 Å². The monoisotopic (exact) mass is 224 g/mol. The molecule has 0 unspecified atom stereocenters. The average molecular weight is 224 g/mol. The Morgan fingerprint density at radius 3 is 2.69 bits per heavy atom. The van der Waals surface area contributed by atoms with Crippen LogP contribution in [0.3, 0.4) is 0 Å². The smallest absolute Gasteiger partial charge is 0.222 e. The minimum Gasteiger partial charge on any atom is -0.396 e. The molecule has 0 aliphatic heterocycles. The van der Waals surface area contributed by atoms with E-state index in [1.54, 1.807) is 0 Å². The zero-order valence-corrected chi connectivity index (χ0v) is 9.74. The van der Waals surface area contributed by atoms with Crippen molar-refractivity contribution in [1.82, 2.24) is 9.97 Å². The van der Waals surface area contributed by atoms with Crippen molar-refractivity contribution >= 4 is 11.8 Å². The second-order valence-corrected chi connectivity index (χ2v) is 3.82. The van der Waals surface area contributed by atoms with Crippen LogP contribution in [0.1, 0.15) is 31.4 Å². The number of hydrogen-bond acceptors (Lipinski definition) is 5. The summed E-state index contributed by atoms with van der Waals surface area (Å²) in [5, 5.41) is 11.8. The van der Waals surface area contributed by atoms with E-state index in [0.29, 0.717) is 5.95 Å². The second kappa shape index (κ2) is 7.00. The standard InChI is InChI=1S/C11H20N4O/c1-9-8-10(15-11(12)14-9)13-6-4-2-3-5-7-16/h8,16H,2-7H2,1H3,(H3,12,13,14,15). The number of aryl methyl sites for hydroxylation is 1. The minimum absolute atomic E-state index is 0.287. The number of nitrogen functional groups attached to an aromatic ring is 1. The largest absolute Gasteiger partial charge is 0.396 e. The lowest BCUT2D eigenvalue weighted by atomic mass is 10.2. The normalized spacial score (nSPS) is 10.4. The fourth-order valence-corrected chi connectivity index (χ4v) is 1.49. The van der Waals surface area contributed by atoms with E-state index in [0.717, 1.165) is 43.7 Å². The summed E-state index contributed by atoms with van der Waals surface area (Å²) in [6, 6.07) is 1.88. The number of nitrogens with zero attached hydrogens (tertiary/aromatic N) is 2. The van der Waals surface area contributed by atoms with Gasteiger partial charge in [-0.1, -0.05) is 12.8 Å². The molecule has 1 rings (SSSR count). The third-order valence-corrected chi connectivity index (χ3v) is 2.26. The van der Waals surface area contributed by atoms with Crippen LogP contribution in [0.4, 0.5) is 11.8 Å². The summed E-state index contributed by atoms with van der Waals surface area (Å²) in [6.07, 6.45) is 4.15. The average Bonchev–Trinajstić information content (AvgIpc) is 2.22. The van der Waals surface area contributed by atoms with E-state index in [9.17, 15) is 0 Å². The first-order chi connectivity index (χ1) is 7.72. The summed E-state index contributed by atoms with van der Waals surface area (Å²) in [7, 11) is 0. The van der Waals surface area contributed by atoms with E-state index >= 15 is 0 Å². The van der Waals surface area contributed by atoms with Crippen LogP contribution in [0, 0.1) is 6.92 Å². The highest BCUT2D eigenvalue weighted by atomic mass is 16.2. The van der Waals surface area contributed by atoms with Crippen LogP contribution in [0.15, 0.2) is 6.07 Å². The molecular formula is C11H20N4O. The molecule has 0 spiro atoms. The van der Waals surface area contributed by atoms with Gasteiger partial charge in [0.05, 0.1) is 0 Å². The zero-order chi connectivity index (χ0) is 11.8. The Morgan fingerprint density at radius 2 is 2.00 bits per heavy atom. The fourth-order valence-electron chi connectivity index (χ4n) is 1.49.